The number of hydrogen-bond acceptors (Lipinski definition) is 2. The fraction of sp³-hybridized carbons (Fsp3) is 0.200. The summed E-state index contributed by atoms with van der Waals surface area (Å²) in [6.07, 6.45) is 0. The molecule has 2 rings (SSSR count). The highest BCUT2D eigenvalue weighted by Gasteiger charge is 2.13. The summed E-state index contributed by atoms with van der Waals surface area (Å²) in [6, 6.07) is 13.9. The van der Waals surface area contributed by atoms with Crippen LogP contribution in [0.15, 0.2) is 36.4 Å². The first-order valence-electron chi connectivity index (χ1n) is 5.62. The average Bonchev–Trinajstić information content (AvgIpc) is 2.28. The normalized spacial score (nSPS) is 10.8. The summed E-state index contributed by atoms with van der Waals surface area (Å²) < 4.78 is 0. The summed E-state index contributed by atoms with van der Waals surface area (Å²) in [5, 5.41) is 19.9. The molecule has 0 fully saturated rings. The van der Waals surface area contributed by atoms with Crippen molar-refractivity contribution in [2.75, 3.05) is 0 Å². The Morgan fingerprint density at radius 1 is 1.06 bits per heavy atom. The Hall–Kier alpha value is -1.96. The monoisotopic (exact) mass is 227 g/mol. The van der Waals surface area contributed by atoms with Gasteiger partial charge < -0.3 is 10.2 Å². The van der Waals surface area contributed by atoms with E-state index >= 15 is 0 Å². The summed E-state index contributed by atoms with van der Waals surface area (Å²) in [6.45, 7) is 3.87. The van der Waals surface area contributed by atoms with Crippen LogP contribution in [0.1, 0.15) is 25.3 Å². The Labute approximate surface area is 101 Å². The van der Waals surface area contributed by atoms with E-state index in [1.54, 1.807) is 18.2 Å². The van der Waals surface area contributed by atoms with Crippen LogP contribution in [0.5, 0.6) is 11.5 Å². The largest absolute Gasteiger partial charge is 0.507 e. The van der Waals surface area contributed by atoms with Gasteiger partial charge in [0.15, 0.2) is 0 Å². The van der Waals surface area contributed by atoms with Crippen LogP contribution < -0.4 is 0 Å². The van der Waals surface area contributed by atoms with Crippen molar-refractivity contribution in [1.82, 2.24) is 0 Å². The van der Waals surface area contributed by atoms with Gasteiger partial charge in [-0.25, -0.2) is 0 Å². The number of rotatable bonds is 2. The van der Waals surface area contributed by atoms with Crippen molar-refractivity contribution in [3.05, 3.63) is 48.0 Å². The maximum atomic E-state index is 9.93. The van der Waals surface area contributed by atoms with Gasteiger partial charge in [-0.15, -0.1) is 0 Å². The number of benzene rings is 2. The smallest absolute Gasteiger partial charge is 0.123 e. The molecule has 0 aliphatic carbocycles. The Balaban J connectivity index is 2.53. The number of phenols is 2. The minimum absolute atomic E-state index is 0.0869. The van der Waals surface area contributed by atoms with Crippen molar-refractivity contribution in [2.24, 2.45) is 0 Å². The van der Waals surface area contributed by atoms with Crippen LogP contribution in [0.2, 0.25) is 0 Å². The van der Waals surface area contributed by atoms with Crippen LogP contribution in [-0.2, 0) is 0 Å². The maximum absolute atomic E-state index is 9.93. The van der Waals surface area contributed by atoms with Crippen LogP contribution in [0.25, 0.3) is 11.1 Å². The molecule has 0 unspecified atom stereocenters. The van der Waals surface area contributed by atoms with E-state index in [0.717, 1.165) is 11.1 Å². The average molecular weight is 227 g/mol. The summed E-state index contributed by atoms with van der Waals surface area (Å²) in [5.41, 5.74) is 2.21. The van der Waals surface area contributed by atoms with Crippen molar-refractivity contribution in [3.8, 4) is 22.6 Å². The number of aromatic hydroxyl groups is 2. The van der Waals surface area contributed by atoms with Crippen molar-refractivity contribution >= 4 is 0 Å². The van der Waals surface area contributed by atoms with Gasteiger partial charge in [-0.1, -0.05) is 38.1 Å². The predicted octanol–water partition coefficient (Wildman–Crippen LogP) is 3.69. The molecular weight excluding hydrogens is 212 g/mol. The minimum atomic E-state index is 0.0869. The first-order valence-corrected chi connectivity index (χ1v) is 5.62. The molecule has 17 heavy (non-hydrogen) atoms. The first-order chi connectivity index (χ1) is 8.09. The summed E-state index contributed by atoms with van der Waals surface area (Å²) in [4.78, 5) is 0. The Morgan fingerprint density at radius 2 is 1.71 bits per heavy atom. The lowest BCUT2D eigenvalue weighted by atomic mass is 9.96. The molecule has 0 saturated carbocycles. The van der Waals surface area contributed by atoms with Gasteiger partial charge in [-0.05, 0) is 35.2 Å². The van der Waals surface area contributed by atoms with E-state index in [1.807, 2.05) is 32.0 Å². The van der Waals surface area contributed by atoms with E-state index < -0.39 is 0 Å². The van der Waals surface area contributed by atoms with E-state index in [4.69, 9.17) is 0 Å². The second-order valence-corrected chi connectivity index (χ2v) is 4.36. The van der Waals surface area contributed by atoms with Crippen LogP contribution >= 0.6 is 0 Å². The number of hydrogen-bond donors (Lipinski definition) is 2. The van der Waals surface area contributed by atoms with E-state index in [1.165, 1.54) is 0 Å². The van der Waals surface area contributed by atoms with Gasteiger partial charge in [-0.2, -0.15) is 0 Å². The molecule has 2 aromatic rings. The Kier molecular flexibility index (Phi) is 3.05. The molecule has 87 valence electrons. The molecule has 2 nitrogen and oxygen atoms in total. The van der Waals surface area contributed by atoms with E-state index in [0.29, 0.717) is 5.56 Å². The van der Waals surface area contributed by atoms with Crippen molar-refractivity contribution in [3.63, 3.8) is 0 Å². The van der Waals surface area contributed by atoms with Crippen LogP contribution in [0.4, 0.5) is 0 Å². The van der Waals surface area contributed by atoms with Crippen LogP contribution in [0, 0.1) is 6.07 Å². The van der Waals surface area contributed by atoms with Gasteiger partial charge in [-0.3, -0.25) is 0 Å². The van der Waals surface area contributed by atoms with Crippen molar-refractivity contribution < 1.29 is 10.2 Å². The fourth-order valence-electron chi connectivity index (χ4n) is 1.94. The lowest BCUT2D eigenvalue weighted by Gasteiger charge is -2.12. The minimum Gasteiger partial charge on any atom is -0.507 e. The molecule has 0 aliphatic rings. The predicted molar refractivity (Wildman–Crippen MR) is 68.1 cm³/mol. The molecule has 0 atom stereocenters. The molecule has 1 radical (unpaired) electrons. The zero-order valence-electron chi connectivity index (χ0n) is 9.94. The lowest BCUT2D eigenvalue weighted by molar-refractivity contribution is 0.434. The Bertz CT molecular complexity index is 493. The zero-order valence-corrected chi connectivity index (χ0v) is 9.94. The molecule has 0 saturated heterocycles. The molecule has 2 N–H and O–H groups in total. The van der Waals surface area contributed by atoms with E-state index in [2.05, 4.69) is 6.07 Å². The highest BCUT2D eigenvalue weighted by Crippen LogP contribution is 2.37. The molecule has 2 heteroatoms. The van der Waals surface area contributed by atoms with Gasteiger partial charge in [0, 0.05) is 5.56 Å². The Morgan fingerprint density at radius 3 is 2.18 bits per heavy atom. The maximum Gasteiger partial charge on any atom is 0.123 e. The standard InChI is InChI=1S/C15H15O2/c1-10(2)15-13(16)8-12(9-14(15)17)11-6-4-3-5-7-11/h3-6,8-10,16-17H,1-2H3. The highest BCUT2D eigenvalue weighted by molar-refractivity contribution is 5.68. The molecule has 0 aromatic heterocycles. The second-order valence-electron chi connectivity index (χ2n) is 4.36. The molecule has 0 spiro atoms. The molecule has 0 aliphatic heterocycles. The molecule has 2 aromatic carbocycles. The highest BCUT2D eigenvalue weighted by atomic mass is 16.3. The third-order valence-corrected chi connectivity index (χ3v) is 2.73. The molecular formula is C15H15O2. The quantitative estimate of drug-likeness (QED) is 0.821. The van der Waals surface area contributed by atoms with E-state index in [-0.39, 0.29) is 17.4 Å². The lowest BCUT2D eigenvalue weighted by Crippen LogP contribution is -1.90. The third-order valence-electron chi connectivity index (χ3n) is 2.73. The second kappa shape index (κ2) is 4.50. The SMILES string of the molecule is CC(C)c1c(O)cc(-c2[c]cccc2)cc1O. The van der Waals surface area contributed by atoms with Crippen LogP contribution in [-0.4, -0.2) is 10.2 Å². The van der Waals surface area contributed by atoms with Gasteiger partial charge in [0.25, 0.3) is 0 Å². The van der Waals surface area contributed by atoms with Gasteiger partial charge in [0.05, 0.1) is 0 Å². The van der Waals surface area contributed by atoms with Crippen molar-refractivity contribution in [2.45, 2.75) is 19.8 Å². The summed E-state index contributed by atoms with van der Waals surface area (Å²) in [5.74, 6) is 0.350. The third kappa shape index (κ3) is 2.26. The molecule has 0 heterocycles. The molecule has 0 amide bonds. The van der Waals surface area contributed by atoms with Gasteiger partial charge >= 0.3 is 0 Å². The first kappa shape index (κ1) is 11.5. The van der Waals surface area contributed by atoms with E-state index in [9.17, 15) is 10.2 Å². The zero-order chi connectivity index (χ0) is 12.4. The van der Waals surface area contributed by atoms with Crippen LogP contribution in [0.3, 0.4) is 0 Å². The van der Waals surface area contributed by atoms with Gasteiger partial charge in [0.1, 0.15) is 11.5 Å². The topological polar surface area (TPSA) is 40.5 Å². The van der Waals surface area contributed by atoms with Crippen molar-refractivity contribution in [1.29, 1.82) is 0 Å². The molecule has 0 bridgehead atoms. The number of phenolic OH excluding ortho intramolecular Hbond substituents is 2. The summed E-state index contributed by atoms with van der Waals surface area (Å²) in [7, 11) is 0. The summed E-state index contributed by atoms with van der Waals surface area (Å²) >= 11 is 0. The van der Waals surface area contributed by atoms with Gasteiger partial charge in [0.2, 0.25) is 0 Å². The fourth-order valence-corrected chi connectivity index (χ4v) is 1.94.